The van der Waals surface area contributed by atoms with Crippen LogP contribution in [0.2, 0.25) is 0 Å². The van der Waals surface area contributed by atoms with Gasteiger partial charge in [-0.05, 0) is 25.0 Å². The summed E-state index contributed by atoms with van der Waals surface area (Å²) in [6.07, 6.45) is 1.48. The van der Waals surface area contributed by atoms with Crippen LogP contribution in [0, 0.1) is 0 Å². The summed E-state index contributed by atoms with van der Waals surface area (Å²) >= 11 is 0. The molecule has 1 aliphatic heterocycles. The molecule has 0 N–H and O–H groups in total. The Balaban J connectivity index is 1.96. The van der Waals surface area contributed by atoms with Crippen molar-refractivity contribution in [2.45, 2.75) is 36.0 Å². The fraction of sp³-hybridized carbons (Fsp3) is 0.571. The second kappa shape index (κ2) is 5.44. The van der Waals surface area contributed by atoms with E-state index in [4.69, 9.17) is 9.47 Å². The molecule has 2 bridgehead atoms. The average molecular weight is 297 g/mol. The van der Waals surface area contributed by atoms with E-state index in [1.54, 1.807) is 35.7 Å². The molecule has 1 heterocycles. The van der Waals surface area contributed by atoms with E-state index >= 15 is 0 Å². The minimum absolute atomic E-state index is 0.0148. The van der Waals surface area contributed by atoms with Crippen LogP contribution in [0.5, 0.6) is 0 Å². The highest BCUT2D eigenvalue weighted by Crippen LogP contribution is 2.34. The number of hydrogen-bond donors (Lipinski definition) is 0. The molecule has 0 radical (unpaired) electrons. The summed E-state index contributed by atoms with van der Waals surface area (Å²) in [6.45, 7) is 0.811. The molecule has 110 valence electrons. The van der Waals surface area contributed by atoms with Crippen LogP contribution in [-0.4, -0.2) is 51.2 Å². The molecular weight excluding hydrogens is 278 g/mol. The minimum atomic E-state index is -3.49. The van der Waals surface area contributed by atoms with Crippen molar-refractivity contribution in [1.29, 1.82) is 0 Å². The molecule has 0 amide bonds. The molecule has 1 aromatic rings. The van der Waals surface area contributed by atoms with Gasteiger partial charge in [0.2, 0.25) is 10.0 Å². The van der Waals surface area contributed by atoms with Crippen molar-refractivity contribution in [3.05, 3.63) is 30.3 Å². The second-order valence-corrected chi connectivity index (χ2v) is 7.07. The van der Waals surface area contributed by atoms with E-state index in [9.17, 15) is 8.42 Å². The fourth-order valence-electron chi connectivity index (χ4n) is 3.19. The van der Waals surface area contributed by atoms with Gasteiger partial charge in [0.15, 0.2) is 0 Å². The van der Waals surface area contributed by atoms with Crippen molar-refractivity contribution in [3.63, 3.8) is 0 Å². The van der Waals surface area contributed by atoms with Gasteiger partial charge in [0.25, 0.3) is 0 Å². The molecule has 1 aromatic carbocycles. The number of nitrogens with zero attached hydrogens (tertiary/aromatic N) is 1. The summed E-state index contributed by atoms with van der Waals surface area (Å²) in [6, 6.07) is 8.44. The van der Waals surface area contributed by atoms with Crippen LogP contribution in [0.1, 0.15) is 12.8 Å². The zero-order valence-electron chi connectivity index (χ0n) is 11.4. The Morgan fingerprint density at radius 2 is 2.00 bits per heavy atom. The number of rotatable bonds is 3. The van der Waals surface area contributed by atoms with Crippen LogP contribution in [0.4, 0.5) is 0 Å². The summed E-state index contributed by atoms with van der Waals surface area (Å²) in [5.74, 6) is 0. The van der Waals surface area contributed by atoms with Gasteiger partial charge in [-0.3, -0.25) is 0 Å². The molecule has 1 saturated carbocycles. The third-order valence-electron chi connectivity index (χ3n) is 4.13. The van der Waals surface area contributed by atoms with Gasteiger partial charge in [0.1, 0.15) is 0 Å². The molecule has 0 aromatic heterocycles. The van der Waals surface area contributed by atoms with E-state index in [-0.39, 0.29) is 18.2 Å². The molecule has 1 saturated heterocycles. The highest BCUT2D eigenvalue weighted by Gasteiger charge is 2.46. The van der Waals surface area contributed by atoms with Crippen LogP contribution in [-0.2, 0) is 19.5 Å². The van der Waals surface area contributed by atoms with Crippen LogP contribution in [0.3, 0.4) is 0 Å². The van der Waals surface area contributed by atoms with E-state index in [1.807, 2.05) is 6.07 Å². The van der Waals surface area contributed by atoms with Crippen molar-refractivity contribution in [1.82, 2.24) is 4.31 Å². The highest BCUT2D eigenvalue weighted by atomic mass is 32.2. The van der Waals surface area contributed by atoms with E-state index in [0.29, 0.717) is 18.0 Å². The summed E-state index contributed by atoms with van der Waals surface area (Å²) in [4.78, 5) is 0.334. The van der Waals surface area contributed by atoms with Crippen LogP contribution >= 0.6 is 0 Å². The Morgan fingerprint density at radius 1 is 1.25 bits per heavy atom. The lowest BCUT2D eigenvalue weighted by Crippen LogP contribution is -2.46. The average Bonchev–Trinajstić information content (AvgIpc) is 2.74. The smallest absolute Gasteiger partial charge is 0.243 e. The summed E-state index contributed by atoms with van der Waals surface area (Å²) in [5.41, 5.74) is 0. The molecule has 1 aliphatic carbocycles. The largest absolute Gasteiger partial charge is 0.377 e. The van der Waals surface area contributed by atoms with E-state index in [0.717, 1.165) is 12.8 Å². The van der Waals surface area contributed by atoms with Gasteiger partial charge in [-0.15, -0.1) is 0 Å². The third kappa shape index (κ3) is 2.26. The van der Waals surface area contributed by atoms with Crippen molar-refractivity contribution in [3.8, 4) is 0 Å². The normalized spacial score (nSPS) is 31.1. The topological polar surface area (TPSA) is 55.8 Å². The first-order valence-corrected chi connectivity index (χ1v) is 8.30. The van der Waals surface area contributed by atoms with Crippen molar-refractivity contribution >= 4 is 10.0 Å². The first-order valence-electron chi connectivity index (χ1n) is 6.86. The number of ether oxygens (including phenoxy) is 2. The molecule has 2 aliphatic rings. The molecule has 3 rings (SSSR count). The summed E-state index contributed by atoms with van der Waals surface area (Å²) in [5, 5.41) is 0. The van der Waals surface area contributed by atoms with Crippen LogP contribution in [0.15, 0.2) is 35.2 Å². The lowest BCUT2D eigenvalue weighted by molar-refractivity contribution is -0.0304. The number of methoxy groups -OCH3 is 1. The van der Waals surface area contributed by atoms with Crippen molar-refractivity contribution < 1.29 is 17.9 Å². The van der Waals surface area contributed by atoms with Gasteiger partial charge in [0.05, 0.1) is 29.8 Å². The molecule has 2 fully saturated rings. The van der Waals surface area contributed by atoms with Crippen molar-refractivity contribution in [2.75, 3.05) is 20.3 Å². The first kappa shape index (κ1) is 14.0. The molecule has 6 heteroatoms. The lowest BCUT2D eigenvalue weighted by atomic mass is 10.2. The number of sulfonamides is 1. The van der Waals surface area contributed by atoms with Gasteiger partial charge in [0, 0.05) is 13.7 Å². The summed E-state index contributed by atoms with van der Waals surface area (Å²) in [7, 11) is -1.87. The van der Waals surface area contributed by atoms with Gasteiger partial charge < -0.3 is 9.47 Å². The standard InChI is InChI=1S/C14H19NO4S/c1-18-14-12-7-8-13(14)19-10-9-15(12)20(16,17)11-5-3-2-4-6-11/h2-6,12-14H,7-10H2,1H3. The SMILES string of the molecule is COC1C2CCC1N(S(=O)(=O)c1ccccc1)CCO2. The van der Waals surface area contributed by atoms with Gasteiger partial charge in [-0.25, -0.2) is 8.42 Å². The molecule has 5 nitrogen and oxygen atoms in total. The predicted molar refractivity (Wildman–Crippen MR) is 73.9 cm³/mol. The maximum Gasteiger partial charge on any atom is 0.243 e. The molecule has 20 heavy (non-hydrogen) atoms. The minimum Gasteiger partial charge on any atom is -0.377 e. The predicted octanol–water partition coefficient (Wildman–Crippen LogP) is 1.25. The van der Waals surface area contributed by atoms with Crippen molar-refractivity contribution in [2.24, 2.45) is 0 Å². The van der Waals surface area contributed by atoms with Crippen LogP contribution < -0.4 is 0 Å². The van der Waals surface area contributed by atoms with Gasteiger partial charge in [-0.1, -0.05) is 18.2 Å². The zero-order chi connectivity index (χ0) is 14.2. The molecule has 3 atom stereocenters. The fourth-order valence-corrected chi connectivity index (χ4v) is 4.86. The van der Waals surface area contributed by atoms with E-state index < -0.39 is 10.0 Å². The maximum absolute atomic E-state index is 12.8. The molecule has 0 spiro atoms. The molecular formula is C14H19NO4S. The Bertz CT molecular complexity index is 560. The quantitative estimate of drug-likeness (QED) is 0.842. The summed E-state index contributed by atoms with van der Waals surface area (Å²) < 4.78 is 38.4. The number of fused-ring (bicyclic) bond motifs is 2. The van der Waals surface area contributed by atoms with Gasteiger partial charge >= 0.3 is 0 Å². The Hall–Kier alpha value is -0.950. The van der Waals surface area contributed by atoms with E-state index in [1.165, 1.54) is 0 Å². The lowest BCUT2D eigenvalue weighted by Gasteiger charge is -2.29. The van der Waals surface area contributed by atoms with Crippen LogP contribution in [0.25, 0.3) is 0 Å². The monoisotopic (exact) mass is 297 g/mol. The Kier molecular flexibility index (Phi) is 3.81. The van der Waals surface area contributed by atoms with E-state index in [2.05, 4.69) is 0 Å². The maximum atomic E-state index is 12.8. The third-order valence-corrected chi connectivity index (χ3v) is 6.07. The van der Waals surface area contributed by atoms with Gasteiger partial charge in [-0.2, -0.15) is 4.31 Å². The number of hydrogen-bond acceptors (Lipinski definition) is 4. The first-order chi connectivity index (χ1) is 9.64. The number of benzene rings is 1. The second-order valence-electron chi connectivity index (χ2n) is 5.18. The molecule has 3 unspecified atom stereocenters. The highest BCUT2D eigenvalue weighted by molar-refractivity contribution is 7.89. The Labute approximate surface area is 119 Å². The zero-order valence-corrected chi connectivity index (χ0v) is 12.3. The Morgan fingerprint density at radius 3 is 2.70 bits per heavy atom.